The molecule has 1 heterocycles. The molecular weight excluding hydrogens is 278 g/mol. The molecule has 1 aromatic carbocycles. The maximum absolute atomic E-state index is 8.90. The summed E-state index contributed by atoms with van der Waals surface area (Å²) in [7, 11) is 0. The predicted molar refractivity (Wildman–Crippen MR) is 85.7 cm³/mol. The van der Waals surface area contributed by atoms with E-state index in [1.807, 2.05) is 18.2 Å². The molecule has 0 fully saturated rings. The van der Waals surface area contributed by atoms with Gasteiger partial charge in [0.05, 0.1) is 11.8 Å². The first-order chi connectivity index (χ1) is 10.7. The zero-order valence-electron chi connectivity index (χ0n) is 13.3. The van der Waals surface area contributed by atoms with Crippen LogP contribution in [-0.2, 0) is 0 Å². The molecule has 2 aromatic rings. The molecular formula is C17H21N3O2. The zero-order chi connectivity index (χ0) is 15.9. The van der Waals surface area contributed by atoms with Gasteiger partial charge < -0.3 is 14.1 Å². The van der Waals surface area contributed by atoms with Crippen LogP contribution in [0.25, 0.3) is 11.3 Å². The third-order valence-corrected chi connectivity index (χ3v) is 3.36. The van der Waals surface area contributed by atoms with E-state index in [-0.39, 0.29) is 0 Å². The third kappa shape index (κ3) is 3.59. The Kier molecular flexibility index (Phi) is 5.42. The number of benzene rings is 1. The number of aryl methyl sites for hydroxylation is 1. The standard InChI is InChI=1S/C17H21N3O2/c1-4-8-20(9-5-2)14-6-7-15(16(10-14)21-12-18)17-11-19-13(3)22-17/h6-7,10-11H,4-5,8-9H2,1-3H3. The lowest BCUT2D eigenvalue weighted by Crippen LogP contribution is -2.24. The molecule has 0 amide bonds. The van der Waals surface area contributed by atoms with Crippen LogP contribution < -0.4 is 9.64 Å². The number of ether oxygens (including phenoxy) is 1. The van der Waals surface area contributed by atoms with E-state index in [1.165, 1.54) is 0 Å². The van der Waals surface area contributed by atoms with Crippen molar-refractivity contribution in [3.05, 3.63) is 30.3 Å². The number of rotatable bonds is 7. The van der Waals surface area contributed by atoms with E-state index in [0.717, 1.165) is 37.2 Å². The van der Waals surface area contributed by atoms with E-state index in [2.05, 4.69) is 23.7 Å². The summed E-state index contributed by atoms with van der Waals surface area (Å²) in [5.74, 6) is 1.68. The Hall–Kier alpha value is -2.48. The summed E-state index contributed by atoms with van der Waals surface area (Å²) in [5, 5.41) is 8.90. The molecule has 22 heavy (non-hydrogen) atoms. The lowest BCUT2D eigenvalue weighted by molar-refractivity contribution is 0.499. The summed E-state index contributed by atoms with van der Waals surface area (Å²) >= 11 is 0. The van der Waals surface area contributed by atoms with Crippen LogP contribution in [0.4, 0.5) is 5.69 Å². The van der Waals surface area contributed by atoms with Crippen molar-refractivity contribution >= 4 is 5.69 Å². The van der Waals surface area contributed by atoms with Crippen molar-refractivity contribution in [2.24, 2.45) is 0 Å². The van der Waals surface area contributed by atoms with E-state index >= 15 is 0 Å². The second kappa shape index (κ2) is 7.51. The van der Waals surface area contributed by atoms with Gasteiger partial charge in [-0.3, -0.25) is 0 Å². The highest BCUT2D eigenvalue weighted by atomic mass is 16.5. The van der Waals surface area contributed by atoms with Gasteiger partial charge in [-0.2, -0.15) is 0 Å². The number of nitrogens with zero attached hydrogens (tertiary/aromatic N) is 3. The van der Waals surface area contributed by atoms with Gasteiger partial charge in [0.2, 0.25) is 0 Å². The molecule has 5 nitrogen and oxygen atoms in total. The molecule has 0 aliphatic carbocycles. The fraction of sp³-hybridized carbons (Fsp3) is 0.412. The van der Waals surface area contributed by atoms with Gasteiger partial charge in [-0.05, 0) is 25.0 Å². The minimum Gasteiger partial charge on any atom is -0.441 e. The van der Waals surface area contributed by atoms with Crippen LogP contribution in [0.3, 0.4) is 0 Å². The fourth-order valence-corrected chi connectivity index (χ4v) is 2.44. The molecule has 116 valence electrons. The van der Waals surface area contributed by atoms with Crippen molar-refractivity contribution in [2.75, 3.05) is 18.0 Å². The van der Waals surface area contributed by atoms with Crippen LogP contribution in [0.2, 0.25) is 0 Å². The highest BCUT2D eigenvalue weighted by molar-refractivity contribution is 5.70. The first kappa shape index (κ1) is 15.9. The SMILES string of the molecule is CCCN(CCC)c1ccc(-c2cnc(C)o2)c(OC#N)c1. The highest BCUT2D eigenvalue weighted by Gasteiger charge is 2.14. The lowest BCUT2D eigenvalue weighted by atomic mass is 10.1. The second-order valence-electron chi connectivity index (χ2n) is 5.10. The molecule has 0 N–H and O–H groups in total. The fourth-order valence-electron chi connectivity index (χ4n) is 2.44. The molecule has 0 unspecified atom stereocenters. The van der Waals surface area contributed by atoms with E-state index in [4.69, 9.17) is 14.4 Å². The molecule has 0 aliphatic rings. The zero-order valence-corrected chi connectivity index (χ0v) is 13.3. The van der Waals surface area contributed by atoms with Gasteiger partial charge in [-0.25, -0.2) is 4.98 Å². The monoisotopic (exact) mass is 299 g/mol. The average Bonchev–Trinajstić information content (AvgIpc) is 2.94. The van der Waals surface area contributed by atoms with Gasteiger partial charge in [0.1, 0.15) is 0 Å². The molecule has 0 aliphatic heterocycles. The van der Waals surface area contributed by atoms with Crippen LogP contribution in [-0.4, -0.2) is 18.1 Å². The average molecular weight is 299 g/mol. The highest BCUT2D eigenvalue weighted by Crippen LogP contribution is 2.34. The summed E-state index contributed by atoms with van der Waals surface area (Å²) in [6.45, 7) is 8.04. The van der Waals surface area contributed by atoms with Gasteiger partial charge in [-0.1, -0.05) is 13.8 Å². The Bertz CT molecular complexity index is 652. The molecule has 0 radical (unpaired) electrons. The van der Waals surface area contributed by atoms with Crippen LogP contribution >= 0.6 is 0 Å². The number of hydrogen-bond acceptors (Lipinski definition) is 5. The van der Waals surface area contributed by atoms with Crippen LogP contribution in [0, 0.1) is 18.4 Å². The molecule has 0 atom stereocenters. The Morgan fingerprint density at radius 1 is 1.27 bits per heavy atom. The molecule has 2 rings (SSSR count). The van der Waals surface area contributed by atoms with Gasteiger partial charge in [0.15, 0.2) is 17.4 Å². The van der Waals surface area contributed by atoms with Gasteiger partial charge in [0.25, 0.3) is 6.26 Å². The third-order valence-electron chi connectivity index (χ3n) is 3.36. The minimum absolute atomic E-state index is 0.494. The van der Waals surface area contributed by atoms with Crippen molar-refractivity contribution in [1.29, 1.82) is 5.26 Å². The van der Waals surface area contributed by atoms with Crippen molar-refractivity contribution in [1.82, 2.24) is 4.98 Å². The van der Waals surface area contributed by atoms with E-state index in [9.17, 15) is 0 Å². The number of aromatic nitrogens is 1. The molecule has 1 aromatic heterocycles. The summed E-state index contributed by atoms with van der Waals surface area (Å²) in [4.78, 5) is 6.39. The quantitative estimate of drug-likeness (QED) is 0.719. The number of hydrogen-bond donors (Lipinski definition) is 0. The summed E-state index contributed by atoms with van der Waals surface area (Å²) in [5.41, 5.74) is 1.78. The molecule has 5 heteroatoms. The molecule has 0 bridgehead atoms. The molecule has 0 saturated carbocycles. The first-order valence-corrected chi connectivity index (χ1v) is 7.57. The Labute approximate surface area is 131 Å². The van der Waals surface area contributed by atoms with E-state index in [1.54, 1.807) is 19.4 Å². The normalized spacial score (nSPS) is 10.3. The van der Waals surface area contributed by atoms with Gasteiger partial charge in [-0.15, -0.1) is 5.26 Å². The van der Waals surface area contributed by atoms with Crippen molar-refractivity contribution in [3.63, 3.8) is 0 Å². The Morgan fingerprint density at radius 3 is 2.55 bits per heavy atom. The van der Waals surface area contributed by atoms with E-state index < -0.39 is 0 Å². The summed E-state index contributed by atoms with van der Waals surface area (Å²) in [6.07, 6.45) is 5.53. The largest absolute Gasteiger partial charge is 0.441 e. The van der Waals surface area contributed by atoms with Crippen molar-refractivity contribution in [2.45, 2.75) is 33.6 Å². The van der Waals surface area contributed by atoms with Crippen LogP contribution in [0.5, 0.6) is 5.75 Å². The second-order valence-corrected chi connectivity index (χ2v) is 5.10. The Balaban J connectivity index is 2.40. The maximum Gasteiger partial charge on any atom is 0.292 e. The molecule has 0 saturated heterocycles. The maximum atomic E-state index is 8.90. The minimum atomic E-state index is 0.494. The first-order valence-electron chi connectivity index (χ1n) is 7.57. The summed E-state index contributed by atoms with van der Waals surface area (Å²) in [6, 6.07) is 5.84. The van der Waals surface area contributed by atoms with Crippen LogP contribution in [0.1, 0.15) is 32.6 Å². The number of oxazole rings is 1. The van der Waals surface area contributed by atoms with Gasteiger partial charge >= 0.3 is 0 Å². The smallest absolute Gasteiger partial charge is 0.292 e. The van der Waals surface area contributed by atoms with Gasteiger partial charge in [0, 0.05) is 31.8 Å². The van der Waals surface area contributed by atoms with E-state index in [0.29, 0.717) is 17.4 Å². The number of anilines is 1. The topological polar surface area (TPSA) is 62.3 Å². The predicted octanol–water partition coefficient (Wildman–Crippen LogP) is 4.14. The van der Waals surface area contributed by atoms with Crippen LogP contribution in [0.15, 0.2) is 28.8 Å². The Morgan fingerprint density at radius 2 is 2.00 bits per heavy atom. The molecule has 0 spiro atoms. The van der Waals surface area contributed by atoms with Crippen molar-refractivity contribution in [3.8, 4) is 23.3 Å². The summed E-state index contributed by atoms with van der Waals surface area (Å²) < 4.78 is 10.7. The van der Waals surface area contributed by atoms with Crippen molar-refractivity contribution < 1.29 is 9.15 Å². The number of nitriles is 1. The lowest BCUT2D eigenvalue weighted by Gasteiger charge is -2.24.